The highest BCUT2D eigenvalue weighted by atomic mass is 79.9. The van der Waals surface area contributed by atoms with E-state index in [1.807, 2.05) is 4.90 Å². The van der Waals surface area contributed by atoms with Crippen LogP contribution in [0, 0.1) is 16.0 Å². The van der Waals surface area contributed by atoms with Gasteiger partial charge in [0.15, 0.2) is 0 Å². The number of aromatic nitrogens is 1. The zero-order valence-corrected chi connectivity index (χ0v) is 12.3. The van der Waals surface area contributed by atoms with E-state index in [0.29, 0.717) is 22.6 Å². The van der Waals surface area contributed by atoms with Crippen LogP contribution in [0.1, 0.15) is 19.8 Å². The van der Waals surface area contributed by atoms with E-state index >= 15 is 0 Å². The Balaban J connectivity index is 2.42. The maximum atomic E-state index is 11.2. The molecule has 0 aromatic carbocycles. The number of halogens is 1. The third-order valence-electron chi connectivity index (χ3n) is 3.59. The van der Waals surface area contributed by atoms with Gasteiger partial charge in [-0.25, -0.2) is 0 Å². The molecule has 19 heavy (non-hydrogen) atoms. The number of rotatable bonds is 3. The fourth-order valence-corrected chi connectivity index (χ4v) is 3.15. The standard InChI is InChI=1S/C12H17BrN4O2/c1-8-2-3-16(9(4-8)5-14)12-10(13)6-15-7-11(12)17(18)19/h6-9H,2-5,14H2,1H3. The molecule has 2 atom stereocenters. The Kier molecular flexibility index (Phi) is 4.36. The summed E-state index contributed by atoms with van der Waals surface area (Å²) in [5.74, 6) is 0.601. The molecule has 2 unspecified atom stereocenters. The number of hydrogen-bond donors (Lipinski definition) is 1. The van der Waals surface area contributed by atoms with E-state index in [-0.39, 0.29) is 11.7 Å². The molecule has 1 aromatic rings. The highest BCUT2D eigenvalue weighted by Crippen LogP contribution is 2.38. The van der Waals surface area contributed by atoms with E-state index in [0.717, 1.165) is 19.4 Å². The summed E-state index contributed by atoms with van der Waals surface area (Å²) in [6, 6.07) is 0.140. The molecule has 2 heterocycles. The molecule has 1 aliphatic rings. The second kappa shape index (κ2) is 5.83. The van der Waals surface area contributed by atoms with Crippen LogP contribution >= 0.6 is 15.9 Å². The van der Waals surface area contributed by atoms with Gasteiger partial charge in [0.1, 0.15) is 11.9 Å². The molecule has 6 nitrogen and oxygen atoms in total. The first kappa shape index (κ1) is 14.2. The molecule has 1 aromatic heterocycles. The van der Waals surface area contributed by atoms with Gasteiger partial charge in [-0.05, 0) is 34.7 Å². The Hall–Kier alpha value is -1.21. The monoisotopic (exact) mass is 328 g/mol. The van der Waals surface area contributed by atoms with Crippen molar-refractivity contribution in [2.24, 2.45) is 11.7 Å². The van der Waals surface area contributed by atoms with Gasteiger partial charge in [-0.3, -0.25) is 15.1 Å². The Morgan fingerprint density at radius 1 is 1.63 bits per heavy atom. The van der Waals surface area contributed by atoms with Crippen molar-refractivity contribution in [3.63, 3.8) is 0 Å². The smallest absolute Gasteiger partial charge is 0.311 e. The van der Waals surface area contributed by atoms with E-state index in [1.165, 1.54) is 6.20 Å². The van der Waals surface area contributed by atoms with Crippen molar-refractivity contribution in [3.05, 3.63) is 27.0 Å². The number of anilines is 1. The summed E-state index contributed by atoms with van der Waals surface area (Å²) in [5.41, 5.74) is 6.46. The summed E-state index contributed by atoms with van der Waals surface area (Å²) in [5, 5.41) is 11.2. The van der Waals surface area contributed by atoms with E-state index < -0.39 is 4.92 Å². The highest BCUT2D eigenvalue weighted by molar-refractivity contribution is 9.10. The normalized spacial score (nSPS) is 23.4. The molecule has 1 saturated heterocycles. The number of hydrogen-bond acceptors (Lipinski definition) is 5. The first-order chi connectivity index (χ1) is 9.04. The van der Waals surface area contributed by atoms with Gasteiger partial charge in [0.2, 0.25) is 0 Å². The van der Waals surface area contributed by atoms with Gasteiger partial charge in [-0.1, -0.05) is 6.92 Å². The molecule has 1 fully saturated rings. The molecule has 0 bridgehead atoms. The number of nitro groups is 1. The average Bonchev–Trinajstić information content (AvgIpc) is 2.38. The van der Waals surface area contributed by atoms with Crippen molar-refractivity contribution in [1.82, 2.24) is 4.98 Å². The third-order valence-corrected chi connectivity index (χ3v) is 4.17. The summed E-state index contributed by atoms with van der Waals surface area (Å²) in [7, 11) is 0. The summed E-state index contributed by atoms with van der Waals surface area (Å²) in [6.45, 7) is 3.47. The summed E-state index contributed by atoms with van der Waals surface area (Å²) >= 11 is 3.37. The minimum atomic E-state index is -0.390. The second-order valence-electron chi connectivity index (χ2n) is 4.96. The molecule has 7 heteroatoms. The highest BCUT2D eigenvalue weighted by Gasteiger charge is 2.31. The predicted molar refractivity (Wildman–Crippen MR) is 77.2 cm³/mol. The van der Waals surface area contributed by atoms with Crippen molar-refractivity contribution >= 4 is 27.3 Å². The average molecular weight is 329 g/mol. The zero-order chi connectivity index (χ0) is 14.0. The molecule has 1 aliphatic heterocycles. The largest absolute Gasteiger partial charge is 0.361 e. The fourth-order valence-electron chi connectivity index (χ4n) is 2.61. The molecule has 0 radical (unpaired) electrons. The van der Waals surface area contributed by atoms with Crippen LogP contribution in [0.2, 0.25) is 0 Å². The maximum Gasteiger partial charge on any atom is 0.311 e. The molecule has 0 amide bonds. The van der Waals surface area contributed by atoms with Crippen LogP contribution in [-0.4, -0.2) is 29.0 Å². The Morgan fingerprint density at radius 3 is 3.00 bits per heavy atom. The van der Waals surface area contributed by atoms with E-state index in [9.17, 15) is 10.1 Å². The van der Waals surface area contributed by atoms with Gasteiger partial charge in [-0.2, -0.15) is 0 Å². The molecule has 2 N–H and O–H groups in total. The quantitative estimate of drug-likeness (QED) is 0.679. The van der Waals surface area contributed by atoms with Crippen LogP contribution in [0.25, 0.3) is 0 Å². The van der Waals surface area contributed by atoms with Crippen LogP contribution in [0.5, 0.6) is 0 Å². The van der Waals surface area contributed by atoms with E-state index in [2.05, 4.69) is 27.8 Å². The van der Waals surface area contributed by atoms with Gasteiger partial charge in [-0.15, -0.1) is 0 Å². The molecular weight excluding hydrogens is 312 g/mol. The summed E-state index contributed by atoms with van der Waals surface area (Å²) in [6.07, 6.45) is 4.87. The summed E-state index contributed by atoms with van der Waals surface area (Å²) in [4.78, 5) is 16.7. The number of nitrogens with zero attached hydrogens (tertiary/aromatic N) is 3. The molecule has 104 valence electrons. The van der Waals surface area contributed by atoms with E-state index in [1.54, 1.807) is 6.20 Å². The second-order valence-corrected chi connectivity index (χ2v) is 5.81. The lowest BCUT2D eigenvalue weighted by atomic mass is 9.92. The Bertz CT molecular complexity index is 483. The van der Waals surface area contributed by atoms with Crippen LogP contribution in [-0.2, 0) is 0 Å². The lowest BCUT2D eigenvalue weighted by Gasteiger charge is -2.39. The van der Waals surface area contributed by atoms with Crippen molar-refractivity contribution in [3.8, 4) is 0 Å². The summed E-state index contributed by atoms with van der Waals surface area (Å²) < 4.78 is 0.648. The first-order valence-electron chi connectivity index (χ1n) is 6.29. The van der Waals surface area contributed by atoms with Gasteiger partial charge >= 0.3 is 5.69 Å². The molecule has 2 rings (SSSR count). The molecule has 0 aliphatic carbocycles. The lowest BCUT2D eigenvalue weighted by molar-refractivity contribution is -0.384. The molecular formula is C12H17BrN4O2. The number of nitrogens with two attached hydrogens (primary N) is 1. The van der Waals surface area contributed by atoms with Crippen LogP contribution < -0.4 is 10.6 Å². The van der Waals surface area contributed by atoms with Crippen molar-refractivity contribution in [1.29, 1.82) is 0 Å². The van der Waals surface area contributed by atoms with Gasteiger partial charge in [0, 0.05) is 25.3 Å². The van der Waals surface area contributed by atoms with Crippen molar-refractivity contribution < 1.29 is 4.92 Å². The number of piperidine rings is 1. The first-order valence-corrected chi connectivity index (χ1v) is 7.08. The lowest BCUT2D eigenvalue weighted by Crippen LogP contribution is -2.46. The zero-order valence-electron chi connectivity index (χ0n) is 10.8. The Labute approximate surface area is 120 Å². The minimum Gasteiger partial charge on any atom is -0.361 e. The number of pyridine rings is 1. The topological polar surface area (TPSA) is 85.3 Å². The molecule has 0 spiro atoms. The van der Waals surface area contributed by atoms with Gasteiger partial charge in [0.05, 0.1) is 9.40 Å². The molecule has 0 saturated carbocycles. The third kappa shape index (κ3) is 2.87. The van der Waals surface area contributed by atoms with Gasteiger partial charge in [0.25, 0.3) is 0 Å². The van der Waals surface area contributed by atoms with Crippen molar-refractivity contribution in [2.45, 2.75) is 25.8 Å². The van der Waals surface area contributed by atoms with Crippen LogP contribution in [0.3, 0.4) is 0 Å². The predicted octanol–water partition coefficient (Wildman–Crippen LogP) is 2.32. The van der Waals surface area contributed by atoms with Crippen LogP contribution in [0.15, 0.2) is 16.9 Å². The Morgan fingerprint density at radius 2 is 2.37 bits per heavy atom. The van der Waals surface area contributed by atoms with Crippen LogP contribution in [0.4, 0.5) is 11.4 Å². The van der Waals surface area contributed by atoms with Gasteiger partial charge < -0.3 is 10.6 Å². The van der Waals surface area contributed by atoms with E-state index in [4.69, 9.17) is 5.73 Å². The maximum absolute atomic E-state index is 11.2. The SMILES string of the molecule is CC1CCN(c2c(Br)cncc2[N+](=O)[O-])C(CN)C1. The van der Waals surface area contributed by atoms with Crippen molar-refractivity contribution in [2.75, 3.05) is 18.0 Å². The fraction of sp³-hybridized carbons (Fsp3) is 0.583. The minimum absolute atomic E-state index is 0.0300.